The van der Waals surface area contributed by atoms with Crippen LogP contribution in [0.4, 0.5) is 5.69 Å². The van der Waals surface area contributed by atoms with E-state index in [0.717, 1.165) is 5.56 Å². The van der Waals surface area contributed by atoms with Crippen molar-refractivity contribution in [3.63, 3.8) is 0 Å². The molecule has 1 aliphatic heterocycles. The second kappa shape index (κ2) is 3.84. The highest BCUT2D eigenvalue weighted by atomic mass is 16.6. The van der Waals surface area contributed by atoms with Crippen molar-refractivity contribution in [2.75, 3.05) is 6.61 Å². The Morgan fingerprint density at radius 2 is 2.06 bits per heavy atom. The molecule has 0 aromatic heterocycles. The summed E-state index contributed by atoms with van der Waals surface area (Å²) in [5.41, 5.74) is 1.16. The highest BCUT2D eigenvalue weighted by Crippen LogP contribution is 2.20. The first-order chi connectivity index (χ1) is 7.48. The molecule has 16 heavy (non-hydrogen) atoms. The lowest BCUT2D eigenvalue weighted by Gasteiger charge is -2.13. The number of ether oxygens (including phenoxy) is 1. The van der Waals surface area contributed by atoms with Gasteiger partial charge in [-0.15, -0.1) is 0 Å². The summed E-state index contributed by atoms with van der Waals surface area (Å²) in [4.78, 5) is 10.1. The number of hydrogen-bond donors (Lipinski definition) is 1. The number of nitro groups is 1. The molecule has 5 heteroatoms. The van der Waals surface area contributed by atoms with Crippen molar-refractivity contribution in [1.29, 1.82) is 0 Å². The average Bonchev–Trinajstić information content (AvgIpc) is 2.59. The Morgan fingerprint density at radius 1 is 1.44 bits per heavy atom. The van der Waals surface area contributed by atoms with Gasteiger partial charge in [0.2, 0.25) is 6.23 Å². The first-order valence-corrected chi connectivity index (χ1v) is 5.20. The molecule has 1 heterocycles. The van der Waals surface area contributed by atoms with Crippen molar-refractivity contribution in [2.24, 2.45) is 0 Å². The van der Waals surface area contributed by atoms with Gasteiger partial charge < -0.3 is 10.1 Å². The number of nitrogens with two attached hydrogens (primary N) is 1. The summed E-state index contributed by atoms with van der Waals surface area (Å²) in [5.74, 6) is 0. The van der Waals surface area contributed by atoms with Crippen LogP contribution in [0, 0.1) is 10.1 Å². The summed E-state index contributed by atoms with van der Waals surface area (Å²) >= 11 is 0. The van der Waals surface area contributed by atoms with E-state index < -0.39 is 4.92 Å². The van der Waals surface area contributed by atoms with E-state index in [-0.39, 0.29) is 17.5 Å². The number of nitro benzene ring substituents is 1. The first-order valence-electron chi connectivity index (χ1n) is 5.20. The maximum absolute atomic E-state index is 10.5. The minimum Gasteiger partial charge on any atom is -0.319 e. The zero-order valence-electron chi connectivity index (χ0n) is 9.34. The van der Waals surface area contributed by atoms with Crippen LogP contribution in [0.5, 0.6) is 0 Å². The van der Waals surface area contributed by atoms with Crippen molar-refractivity contribution in [3.05, 3.63) is 39.9 Å². The lowest BCUT2D eigenvalue weighted by atomic mass is 10.1. The van der Waals surface area contributed by atoms with Gasteiger partial charge >= 0.3 is 0 Å². The molecule has 1 saturated heterocycles. The van der Waals surface area contributed by atoms with Crippen molar-refractivity contribution >= 4 is 5.69 Å². The molecular formula is C11H15N2O3+. The Balaban J connectivity index is 2.14. The van der Waals surface area contributed by atoms with Gasteiger partial charge in [-0.1, -0.05) is 0 Å². The van der Waals surface area contributed by atoms with Crippen molar-refractivity contribution in [1.82, 2.24) is 0 Å². The summed E-state index contributed by atoms with van der Waals surface area (Å²) < 4.78 is 5.63. The molecule has 5 nitrogen and oxygen atoms in total. The molecule has 2 N–H and O–H groups in total. The van der Waals surface area contributed by atoms with Gasteiger partial charge in [-0.05, 0) is 26.0 Å². The quantitative estimate of drug-likeness (QED) is 0.600. The maximum atomic E-state index is 10.5. The number of rotatable bonds is 2. The largest absolute Gasteiger partial charge is 0.319 e. The number of quaternary nitrogens is 1. The summed E-state index contributed by atoms with van der Waals surface area (Å²) in [6, 6.07) is 6.52. The van der Waals surface area contributed by atoms with Crippen LogP contribution < -0.4 is 5.32 Å². The average molecular weight is 223 g/mol. The Bertz CT molecular complexity index is 400. The van der Waals surface area contributed by atoms with E-state index in [4.69, 9.17) is 4.74 Å². The molecule has 0 spiro atoms. The zero-order valence-corrected chi connectivity index (χ0v) is 9.34. The van der Waals surface area contributed by atoms with Crippen LogP contribution in [0.15, 0.2) is 24.3 Å². The van der Waals surface area contributed by atoms with Crippen LogP contribution in [0.25, 0.3) is 0 Å². The summed E-state index contributed by atoms with van der Waals surface area (Å²) in [6.45, 7) is 4.91. The molecule has 0 saturated carbocycles. The van der Waals surface area contributed by atoms with E-state index in [1.165, 1.54) is 12.1 Å². The van der Waals surface area contributed by atoms with Gasteiger partial charge in [0, 0.05) is 17.7 Å². The minimum absolute atomic E-state index is 0.0456. The fourth-order valence-corrected chi connectivity index (χ4v) is 1.79. The maximum Gasteiger partial charge on any atom is 0.269 e. The topological polar surface area (TPSA) is 69.0 Å². The van der Waals surface area contributed by atoms with E-state index in [0.29, 0.717) is 6.61 Å². The van der Waals surface area contributed by atoms with Gasteiger partial charge in [-0.25, -0.2) is 0 Å². The van der Waals surface area contributed by atoms with Gasteiger partial charge in [0.25, 0.3) is 5.69 Å². The zero-order chi connectivity index (χ0) is 11.8. The standard InChI is InChI=1S/C11H14N2O3/c1-11(2)7-16-10(12-11)8-3-5-9(6-4-8)13(14)15/h3-6,10,12H,7H2,1-2H3/p+1/t10-/m1/s1. The van der Waals surface area contributed by atoms with Gasteiger partial charge in [0.1, 0.15) is 12.1 Å². The minimum atomic E-state index is -0.396. The van der Waals surface area contributed by atoms with Crippen molar-refractivity contribution in [2.45, 2.75) is 25.6 Å². The molecule has 1 aromatic rings. The van der Waals surface area contributed by atoms with Crippen molar-refractivity contribution < 1.29 is 15.0 Å². The monoisotopic (exact) mass is 223 g/mol. The van der Waals surface area contributed by atoms with Crippen molar-refractivity contribution in [3.8, 4) is 0 Å². The van der Waals surface area contributed by atoms with Gasteiger partial charge in [0.15, 0.2) is 0 Å². The summed E-state index contributed by atoms with van der Waals surface area (Å²) in [6.07, 6.45) is -0.0456. The normalized spacial score (nSPS) is 23.2. The van der Waals surface area contributed by atoms with Crippen LogP contribution in [0.3, 0.4) is 0 Å². The van der Waals surface area contributed by atoms with Gasteiger partial charge in [-0.2, -0.15) is 0 Å². The molecule has 1 aromatic carbocycles. The fourth-order valence-electron chi connectivity index (χ4n) is 1.79. The predicted octanol–water partition coefficient (Wildman–Crippen LogP) is 0.966. The van der Waals surface area contributed by atoms with Crippen LogP contribution in [-0.4, -0.2) is 17.1 Å². The number of benzene rings is 1. The Hall–Kier alpha value is -1.46. The molecule has 0 bridgehead atoms. The predicted molar refractivity (Wildman–Crippen MR) is 57.8 cm³/mol. The lowest BCUT2D eigenvalue weighted by Crippen LogP contribution is -2.93. The lowest BCUT2D eigenvalue weighted by molar-refractivity contribution is -0.750. The smallest absolute Gasteiger partial charge is 0.269 e. The van der Waals surface area contributed by atoms with Crippen LogP contribution >= 0.6 is 0 Å². The summed E-state index contributed by atoms with van der Waals surface area (Å²) in [7, 11) is 0. The molecule has 0 radical (unpaired) electrons. The number of hydrogen-bond acceptors (Lipinski definition) is 3. The van der Waals surface area contributed by atoms with E-state index in [1.54, 1.807) is 12.1 Å². The Morgan fingerprint density at radius 3 is 2.50 bits per heavy atom. The molecular weight excluding hydrogens is 208 g/mol. The van der Waals surface area contributed by atoms with Gasteiger partial charge in [-0.3, -0.25) is 10.1 Å². The fraction of sp³-hybridized carbons (Fsp3) is 0.455. The van der Waals surface area contributed by atoms with E-state index >= 15 is 0 Å². The third-order valence-electron chi connectivity index (χ3n) is 2.67. The third kappa shape index (κ3) is 2.20. The molecule has 1 aliphatic rings. The van der Waals surface area contributed by atoms with Gasteiger partial charge in [0.05, 0.1) is 4.92 Å². The second-order valence-electron chi connectivity index (χ2n) is 4.74. The molecule has 86 valence electrons. The molecule has 1 fully saturated rings. The molecule has 0 amide bonds. The van der Waals surface area contributed by atoms with E-state index in [1.807, 2.05) is 0 Å². The Kier molecular flexibility index (Phi) is 2.65. The number of non-ortho nitro benzene ring substituents is 1. The summed E-state index contributed by atoms with van der Waals surface area (Å²) in [5, 5.41) is 12.6. The van der Waals surface area contributed by atoms with E-state index in [9.17, 15) is 10.1 Å². The number of nitrogens with zero attached hydrogens (tertiary/aromatic N) is 1. The molecule has 0 unspecified atom stereocenters. The van der Waals surface area contributed by atoms with Crippen LogP contribution in [0.2, 0.25) is 0 Å². The van der Waals surface area contributed by atoms with Crippen LogP contribution in [-0.2, 0) is 4.74 Å². The van der Waals surface area contributed by atoms with Crippen LogP contribution in [0.1, 0.15) is 25.6 Å². The molecule has 2 rings (SSSR count). The highest BCUT2D eigenvalue weighted by Gasteiger charge is 2.36. The van der Waals surface area contributed by atoms with E-state index in [2.05, 4.69) is 19.2 Å². The molecule has 1 atom stereocenters. The third-order valence-corrected chi connectivity index (χ3v) is 2.67. The second-order valence-corrected chi connectivity index (χ2v) is 4.74. The Labute approximate surface area is 93.6 Å². The highest BCUT2D eigenvalue weighted by molar-refractivity contribution is 5.33. The first kappa shape index (κ1) is 11.0. The molecule has 0 aliphatic carbocycles. The SMILES string of the molecule is CC1(C)CO[C@H](c2ccc([N+](=O)[O-])cc2)[NH2+]1.